The van der Waals surface area contributed by atoms with E-state index >= 15 is 0 Å². The van der Waals surface area contributed by atoms with E-state index in [1.54, 1.807) is 24.3 Å². The number of nitrogens with two attached hydrogens (primary N) is 2. The van der Waals surface area contributed by atoms with Crippen molar-refractivity contribution in [3.8, 4) is 5.75 Å². The maximum absolute atomic E-state index is 9.12. The van der Waals surface area contributed by atoms with Crippen molar-refractivity contribution < 1.29 is 5.11 Å². The van der Waals surface area contributed by atoms with Crippen LogP contribution in [-0.2, 0) is 0 Å². The van der Waals surface area contributed by atoms with Crippen molar-refractivity contribution in [1.29, 1.82) is 0 Å². The normalized spacial score (nSPS) is 11.2. The van der Waals surface area contributed by atoms with Gasteiger partial charge in [-0.2, -0.15) is 0 Å². The van der Waals surface area contributed by atoms with E-state index in [1.807, 2.05) is 0 Å². The molecular formula is C8H11N3O. The summed E-state index contributed by atoms with van der Waals surface area (Å²) in [6.07, 6.45) is 1.34. The molecule has 0 aliphatic heterocycles. The maximum atomic E-state index is 9.12. The molecule has 0 radical (unpaired) electrons. The van der Waals surface area contributed by atoms with E-state index < -0.39 is 0 Å². The fourth-order valence-electron chi connectivity index (χ4n) is 0.901. The Morgan fingerprint density at radius 2 is 2.25 bits per heavy atom. The Hall–Kier alpha value is -1.68. The minimum atomic E-state index is 0.183. The molecule has 0 amide bonds. The third-order valence-corrected chi connectivity index (χ3v) is 1.48. The zero-order chi connectivity index (χ0) is 8.97. The Morgan fingerprint density at radius 3 is 2.75 bits per heavy atom. The van der Waals surface area contributed by atoms with E-state index in [0.717, 1.165) is 5.56 Å². The van der Waals surface area contributed by atoms with E-state index in [4.69, 9.17) is 16.7 Å². The summed E-state index contributed by atoms with van der Waals surface area (Å²) in [5, 5.41) is 9.12. The van der Waals surface area contributed by atoms with Crippen LogP contribution in [-0.4, -0.2) is 5.11 Å². The van der Waals surface area contributed by atoms with Crippen LogP contribution in [0.2, 0.25) is 0 Å². The first-order chi connectivity index (χ1) is 5.77. The van der Waals surface area contributed by atoms with Gasteiger partial charge in [0, 0.05) is 11.8 Å². The number of hydrogen-bond donors (Lipinski definition) is 4. The molecule has 1 aromatic carbocycles. The Balaban J connectivity index is 3.02. The molecule has 1 aromatic rings. The first-order valence-electron chi connectivity index (χ1n) is 3.46. The molecule has 0 saturated heterocycles. The zero-order valence-corrected chi connectivity index (χ0v) is 6.49. The summed E-state index contributed by atoms with van der Waals surface area (Å²) < 4.78 is 0. The molecule has 0 aromatic heterocycles. The SMILES string of the molecule is N/C=C(\NN)c1cccc(O)c1. The monoisotopic (exact) mass is 165 g/mol. The third-order valence-electron chi connectivity index (χ3n) is 1.48. The number of benzene rings is 1. The van der Waals surface area contributed by atoms with E-state index in [-0.39, 0.29) is 5.75 Å². The van der Waals surface area contributed by atoms with Crippen LogP contribution >= 0.6 is 0 Å². The van der Waals surface area contributed by atoms with E-state index in [1.165, 1.54) is 6.20 Å². The molecule has 0 aliphatic carbocycles. The van der Waals surface area contributed by atoms with Crippen LogP contribution in [0.4, 0.5) is 0 Å². The summed E-state index contributed by atoms with van der Waals surface area (Å²) in [4.78, 5) is 0. The summed E-state index contributed by atoms with van der Waals surface area (Å²) in [5.74, 6) is 5.37. The van der Waals surface area contributed by atoms with Crippen LogP contribution in [0.5, 0.6) is 5.75 Å². The van der Waals surface area contributed by atoms with Gasteiger partial charge in [-0.3, -0.25) is 5.84 Å². The topological polar surface area (TPSA) is 84.3 Å². The summed E-state index contributed by atoms with van der Waals surface area (Å²) in [6.45, 7) is 0. The predicted octanol–water partition coefficient (Wildman–Crippen LogP) is 0.113. The second-order valence-electron chi connectivity index (χ2n) is 2.28. The van der Waals surface area contributed by atoms with Gasteiger partial charge in [0.2, 0.25) is 0 Å². The van der Waals surface area contributed by atoms with Crippen molar-refractivity contribution in [3.63, 3.8) is 0 Å². The first-order valence-corrected chi connectivity index (χ1v) is 3.46. The molecule has 0 saturated carbocycles. The van der Waals surface area contributed by atoms with Crippen molar-refractivity contribution in [2.24, 2.45) is 11.6 Å². The second kappa shape index (κ2) is 3.64. The minimum absolute atomic E-state index is 0.183. The van der Waals surface area contributed by atoms with Crippen molar-refractivity contribution in [1.82, 2.24) is 5.43 Å². The number of phenolic OH excluding ortho intramolecular Hbond substituents is 1. The average molecular weight is 165 g/mol. The lowest BCUT2D eigenvalue weighted by atomic mass is 10.1. The van der Waals surface area contributed by atoms with Crippen molar-refractivity contribution in [2.75, 3.05) is 0 Å². The van der Waals surface area contributed by atoms with Crippen molar-refractivity contribution in [3.05, 3.63) is 36.0 Å². The van der Waals surface area contributed by atoms with Crippen LogP contribution in [0.15, 0.2) is 30.5 Å². The van der Waals surface area contributed by atoms with Crippen LogP contribution < -0.4 is 17.0 Å². The lowest BCUT2D eigenvalue weighted by Crippen LogP contribution is -2.20. The highest BCUT2D eigenvalue weighted by Crippen LogP contribution is 2.15. The molecule has 0 unspecified atom stereocenters. The molecule has 6 N–H and O–H groups in total. The van der Waals surface area contributed by atoms with Gasteiger partial charge in [0.1, 0.15) is 5.75 Å². The molecule has 0 aliphatic rings. The van der Waals surface area contributed by atoms with Gasteiger partial charge >= 0.3 is 0 Å². The fourth-order valence-corrected chi connectivity index (χ4v) is 0.901. The van der Waals surface area contributed by atoms with Crippen molar-refractivity contribution in [2.45, 2.75) is 0 Å². The van der Waals surface area contributed by atoms with Gasteiger partial charge in [-0.05, 0) is 12.1 Å². The third kappa shape index (κ3) is 1.67. The van der Waals surface area contributed by atoms with E-state index in [9.17, 15) is 0 Å². The molecular weight excluding hydrogens is 154 g/mol. The molecule has 4 heteroatoms. The Morgan fingerprint density at radius 1 is 1.50 bits per heavy atom. The summed E-state index contributed by atoms with van der Waals surface area (Å²) in [7, 11) is 0. The van der Waals surface area contributed by atoms with Crippen LogP contribution in [0.1, 0.15) is 5.56 Å². The number of nitrogens with one attached hydrogen (secondary N) is 1. The molecule has 64 valence electrons. The number of hydrogen-bond acceptors (Lipinski definition) is 4. The van der Waals surface area contributed by atoms with E-state index in [0.29, 0.717) is 5.70 Å². The number of hydrazine groups is 1. The zero-order valence-electron chi connectivity index (χ0n) is 6.49. The molecule has 12 heavy (non-hydrogen) atoms. The first kappa shape index (κ1) is 8.42. The standard InChI is InChI=1S/C8H11N3O/c9-5-8(11-10)6-2-1-3-7(12)4-6/h1-5,11-12H,9-10H2/b8-5-. The van der Waals surface area contributed by atoms with Crippen LogP contribution in [0, 0.1) is 0 Å². The van der Waals surface area contributed by atoms with Gasteiger partial charge in [-0.15, -0.1) is 0 Å². The van der Waals surface area contributed by atoms with Gasteiger partial charge < -0.3 is 16.3 Å². The van der Waals surface area contributed by atoms with Gasteiger partial charge in [-0.25, -0.2) is 0 Å². The second-order valence-corrected chi connectivity index (χ2v) is 2.28. The van der Waals surface area contributed by atoms with Crippen LogP contribution in [0.25, 0.3) is 5.70 Å². The summed E-state index contributed by atoms with van der Waals surface area (Å²) >= 11 is 0. The highest BCUT2D eigenvalue weighted by molar-refractivity contribution is 5.63. The molecule has 4 nitrogen and oxygen atoms in total. The lowest BCUT2D eigenvalue weighted by Gasteiger charge is -2.05. The van der Waals surface area contributed by atoms with Gasteiger partial charge in [0.15, 0.2) is 0 Å². The van der Waals surface area contributed by atoms with Crippen LogP contribution in [0.3, 0.4) is 0 Å². The predicted molar refractivity (Wildman–Crippen MR) is 47.6 cm³/mol. The molecule has 0 bridgehead atoms. The van der Waals surface area contributed by atoms with Gasteiger partial charge in [-0.1, -0.05) is 12.1 Å². The van der Waals surface area contributed by atoms with E-state index in [2.05, 4.69) is 5.43 Å². The minimum Gasteiger partial charge on any atom is -0.508 e. The fraction of sp³-hybridized carbons (Fsp3) is 0. The quantitative estimate of drug-likeness (QED) is 0.370. The highest BCUT2D eigenvalue weighted by atomic mass is 16.3. The molecule has 0 heterocycles. The lowest BCUT2D eigenvalue weighted by molar-refractivity contribution is 0.475. The number of rotatable bonds is 2. The smallest absolute Gasteiger partial charge is 0.116 e. The largest absolute Gasteiger partial charge is 0.508 e. The highest BCUT2D eigenvalue weighted by Gasteiger charge is 1.98. The molecule has 0 fully saturated rings. The molecule has 0 spiro atoms. The van der Waals surface area contributed by atoms with Crippen molar-refractivity contribution >= 4 is 5.70 Å². The molecule has 0 atom stereocenters. The van der Waals surface area contributed by atoms with Gasteiger partial charge in [0.25, 0.3) is 0 Å². The number of phenols is 1. The summed E-state index contributed by atoms with van der Waals surface area (Å²) in [5.41, 5.74) is 9.02. The molecule has 1 rings (SSSR count). The Kier molecular flexibility index (Phi) is 2.55. The summed E-state index contributed by atoms with van der Waals surface area (Å²) in [6, 6.07) is 6.65. The Labute approximate surface area is 70.5 Å². The van der Waals surface area contributed by atoms with Gasteiger partial charge in [0.05, 0.1) is 5.70 Å². The number of aromatic hydroxyl groups is 1. The maximum Gasteiger partial charge on any atom is 0.116 e. The average Bonchev–Trinajstić information content (AvgIpc) is 2.07. The Bertz CT molecular complexity index is 296.